The smallest absolute Gasteiger partial charge is 0.304 e. The maximum absolute atomic E-state index is 11.4. The molecule has 82 valence electrons. The topological polar surface area (TPSA) is 69.6 Å². The van der Waals surface area contributed by atoms with E-state index in [1.165, 1.54) is 0 Å². The maximum Gasteiger partial charge on any atom is 0.304 e. The molecular weight excluding hydrogens is 184 g/mol. The number of carbonyl (C=O) groups excluding carboxylic acids is 1. The molecule has 0 fully saturated rings. The van der Waals surface area contributed by atoms with E-state index in [4.69, 9.17) is 5.11 Å². The number of carbonyl (C=O) groups is 2. The van der Waals surface area contributed by atoms with Gasteiger partial charge < -0.3 is 10.4 Å². The van der Waals surface area contributed by atoms with Gasteiger partial charge in [0, 0.05) is 5.92 Å². The van der Waals surface area contributed by atoms with E-state index in [9.17, 15) is 9.59 Å². The molecule has 0 saturated heterocycles. The fourth-order valence-corrected chi connectivity index (χ4v) is 1.01. The summed E-state index contributed by atoms with van der Waals surface area (Å²) < 4.78 is 0. The third-order valence-electron chi connectivity index (χ3n) is 1.85. The van der Waals surface area contributed by atoms with Crippen LogP contribution in [0.4, 0.5) is 0 Å². The van der Waals surface area contributed by atoms with Gasteiger partial charge in [-0.1, -0.05) is 6.92 Å². The first-order chi connectivity index (χ1) is 6.47. The molecule has 0 rings (SSSR count). The third-order valence-corrected chi connectivity index (χ3v) is 1.85. The molecule has 0 spiro atoms. The van der Waals surface area contributed by atoms with Crippen molar-refractivity contribution in [2.24, 2.45) is 5.92 Å². The molecule has 5 heteroatoms. The van der Waals surface area contributed by atoms with Crippen molar-refractivity contribution in [2.45, 2.75) is 19.8 Å². The molecule has 1 amide bonds. The fourth-order valence-electron chi connectivity index (χ4n) is 1.01. The van der Waals surface area contributed by atoms with Gasteiger partial charge in [-0.15, -0.1) is 0 Å². The van der Waals surface area contributed by atoms with E-state index in [1.807, 2.05) is 25.9 Å². The van der Waals surface area contributed by atoms with Crippen molar-refractivity contribution < 1.29 is 14.7 Å². The van der Waals surface area contributed by atoms with E-state index >= 15 is 0 Å². The lowest BCUT2D eigenvalue weighted by molar-refractivity contribution is -0.141. The minimum Gasteiger partial charge on any atom is -0.481 e. The van der Waals surface area contributed by atoms with E-state index in [-0.39, 0.29) is 12.3 Å². The Kier molecular flexibility index (Phi) is 5.87. The second-order valence-corrected chi connectivity index (χ2v) is 3.48. The van der Waals surface area contributed by atoms with Crippen molar-refractivity contribution in [1.29, 1.82) is 0 Å². The Balaban J connectivity index is 3.98. The Hall–Kier alpha value is -1.10. The first-order valence-electron chi connectivity index (χ1n) is 4.61. The lowest BCUT2D eigenvalue weighted by Gasteiger charge is -2.15. The highest BCUT2D eigenvalue weighted by Crippen LogP contribution is 2.07. The molecule has 0 bridgehead atoms. The Morgan fingerprint density at radius 3 is 2.36 bits per heavy atom. The molecule has 2 N–H and O–H groups in total. The van der Waals surface area contributed by atoms with Gasteiger partial charge in [0.05, 0.1) is 13.1 Å². The Morgan fingerprint density at radius 1 is 1.43 bits per heavy atom. The van der Waals surface area contributed by atoms with Crippen LogP contribution in [0.1, 0.15) is 19.8 Å². The van der Waals surface area contributed by atoms with Crippen LogP contribution in [0.5, 0.6) is 0 Å². The number of nitrogens with one attached hydrogen (secondary N) is 1. The zero-order valence-electron chi connectivity index (χ0n) is 8.91. The highest BCUT2D eigenvalue weighted by molar-refractivity contribution is 5.83. The van der Waals surface area contributed by atoms with E-state index < -0.39 is 11.9 Å². The summed E-state index contributed by atoms with van der Waals surface area (Å²) in [5.74, 6) is -1.55. The van der Waals surface area contributed by atoms with Gasteiger partial charge in [-0.3, -0.25) is 14.5 Å². The monoisotopic (exact) mass is 202 g/mol. The quantitative estimate of drug-likeness (QED) is 0.600. The van der Waals surface area contributed by atoms with Crippen LogP contribution in [0, 0.1) is 5.92 Å². The Morgan fingerprint density at radius 2 is 2.00 bits per heavy atom. The summed E-state index contributed by atoms with van der Waals surface area (Å²) >= 11 is 0. The molecule has 0 aliphatic rings. The summed E-state index contributed by atoms with van der Waals surface area (Å²) in [5.41, 5.74) is 0. The van der Waals surface area contributed by atoms with Crippen molar-refractivity contribution in [3.8, 4) is 0 Å². The Bertz CT molecular complexity index is 204. The van der Waals surface area contributed by atoms with Crippen LogP contribution in [0.25, 0.3) is 0 Å². The number of hydrogen-bond acceptors (Lipinski definition) is 3. The van der Waals surface area contributed by atoms with Gasteiger partial charge in [0.25, 0.3) is 0 Å². The van der Waals surface area contributed by atoms with Gasteiger partial charge in [0.2, 0.25) is 5.91 Å². The van der Waals surface area contributed by atoms with Crippen LogP contribution in [0.2, 0.25) is 0 Å². The molecule has 1 unspecified atom stereocenters. The molecule has 0 heterocycles. The average molecular weight is 202 g/mol. The van der Waals surface area contributed by atoms with Gasteiger partial charge >= 0.3 is 5.97 Å². The van der Waals surface area contributed by atoms with Crippen LogP contribution >= 0.6 is 0 Å². The highest BCUT2D eigenvalue weighted by atomic mass is 16.4. The van der Waals surface area contributed by atoms with E-state index in [1.54, 1.807) is 0 Å². The summed E-state index contributed by atoms with van der Waals surface area (Å²) in [7, 11) is 3.66. The first-order valence-corrected chi connectivity index (χ1v) is 4.61. The number of rotatable bonds is 6. The van der Waals surface area contributed by atoms with E-state index in [0.717, 1.165) is 0 Å². The molecule has 14 heavy (non-hydrogen) atoms. The predicted octanol–water partition coefficient (Wildman–Crippen LogP) is 0.123. The first kappa shape index (κ1) is 12.9. The standard InChI is InChI=1S/C9H18N2O3/c1-4-7(5-8(12)13)9(14)10-6-11(2)3/h7H,4-6H2,1-3H3,(H,10,14)(H,12,13). The molecule has 0 saturated carbocycles. The van der Waals surface area contributed by atoms with Crippen molar-refractivity contribution in [2.75, 3.05) is 20.8 Å². The SMILES string of the molecule is CCC(CC(=O)O)C(=O)NCN(C)C. The summed E-state index contributed by atoms with van der Waals surface area (Å²) in [6, 6.07) is 0. The molecule has 0 aromatic heterocycles. The second-order valence-electron chi connectivity index (χ2n) is 3.48. The van der Waals surface area contributed by atoms with Crippen molar-refractivity contribution >= 4 is 11.9 Å². The van der Waals surface area contributed by atoms with Gasteiger partial charge in [-0.25, -0.2) is 0 Å². The Labute approximate surface area is 84.1 Å². The summed E-state index contributed by atoms with van der Waals surface area (Å²) in [6.07, 6.45) is 0.446. The zero-order chi connectivity index (χ0) is 11.1. The van der Waals surface area contributed by atoms with Crippen LogP contribution < -0.4 is 5.32 Å². The van der Waals surface area contributed by atoms with Gasteiger partial charge in [-0.05, 0) is 20.5 Å². The fraction of sp³-hybridized carbons (Fsp3) is 0.778. The molecule has 5 nitrogen and oxygen atoms in total. The molecule has 1 atom stereocenters. The highest BCUT2D eigenvalue weighted by Gasteiger charge is 2.19. The lowest BCUT2D eigenvalue weighted by Crippen LogP contribution is -2.37. The van der Waals surface area contributed by atoms with Gasteiger partial charge in [-0.2, -0.15) is 0 Å². The maximum atomic E-state index is 11.4. The molecule has 0 aromatic carbocycles. The van der Waals surface area contributed by atoms with E-state index in [2.05, 4.69) is 5.32 Å². The van der Waals surface area contributed by atoms with E-state index in [0.29, 0.717) is 13.1 Å². The van der Waals surface area contributed by atoms with Gasteiger partial charge in [0.15, 0.2) is 0 Å². The number of amides is 1. The molecular formula is C9H18N2O3. The summed E-state index contributed by atoms with van der Waals surface area (Å²) in [5, 5.41) is 11.2. The molecule has 0 aliphatic heterocycles. The lowest BCUT2D eigenvalue weighted by atomic mass is 10.0. The van der Waals surface area contributed by atoms with Crippen molar-refractivity contribution in [3.05, 3.63) is 0 Å². The normalized spacial score (nSPS) is 12.6. The number of carboxylic acids is 1. The second kappa shape index (κ2) is 6.37. The van der Waals surface area contributed by atoms with Crippen molar-refractivity contribution in [3.63, 3.8) is 0 Å². The third kappa shape index (κ3) is 5.53. The van der Waals surface area contributed by atoms with Crippen LogP contribution in [0.3, 0.4) is 0 Å². The van der Waals surface area contributed by atoms with Crippen molar-refractivity contribution in [1.82, 2.24) is 10.2 Å². The van der Waals surface area contributed by atoms with Crippen LogP contribution in [-0.2, 0) is 9.59 Å². The number of carboxylic acid groups (broad SMARTS) is 1. The van der Waals surface area contributed by atoms with Crippen LogP contribution in [-0.4, -0.2) is 42.6 Å². The molecule has 0 aliphatic carbocycles. The minimum absolute atomic E-state index is 0.101. The number of nitrogens with zero attached hydrogens (tertiary/aromatic N) is 1. The molecule has 0 aromatic rings. The average Bonchev–Trinajstić information content (AvgIpc) is 2.09. The summed E-state index contributed by atoms with van der Waals surface area (Å²) in [6.45, 7) is 2.25. The van der Waals surface area contributed by atoms with Crippen LogP contribution in [0.15, 0.2) is 0 Å². The minimum atomic E-state index is -0.933. The predicted molar refractivity (Wildman–Crippen MR) is 52.7 cm³/mol. The number of aliphatic carboxylic acids is 1. The number of hydrogen-bond donors (Lipinski definition) is 2. The van der Waals surface area contributed by atoms with Gasteiger partial charge in [0.1, 0.15) is 0 Å². The summed E-state index contributed by atoms with van der Waals surface area (Å²) in [4.78, 5) is 23.6. The largest absolute Gasteiger partial charge is 0.481 e. The molecule has 0 radical (unpaired) electrons. The zero-order valence-corrected chi connectivity index (χ0v) is 8.91.